The molecule has 2 amide bonds. The van der Waals surface area contributed by atoms with E-state index in [1.807, 2.05) is 38.3 Å². The van der Waals surface area contributed by atoms with Crippen molar-refractivity contribution >= 4 is 46.4 Å². The van der Waals surface area contributed by atoms with Gasteiger partial charge in [0, 0.05) is 33.4 Å². The largest absolute Gasteiger partial charge is 0.480 e. The van der Waals surface area contributed by atoms with Crippen molar-refractivity contribution in [1.29, 1.82) is 0 Å². The molecule has 210 valence electrons. The summed E-state index contributed by atoms with van der Waals surface area (Å²) in [6.07, 6.45) is 0. The number of methoxy groups -OCH3 is 1. The van der Waals surface area contributed by atoms with E-state index < -0.39 is 17.4 Å². The number of carbonyl (C=O) groups is 2. The molecule has 0 fully saturated rings. The minimum atomic E-state index is -1.58. The number of hydrogen-bond donors (Lipinski definition) is 1. The van der Waals surface area contributed by atoms with Gasteiger partial charge in [-0.05, 0) is 63.6 Å². The summed E-state index contributed by atoms with van der Waals surface area (Å²) in [5, 5.41) is 3.87. The first kappa shape index (κ1) is 27.1. The number of aryl methyl sites for hydroxylation is 1. The number of imidazole rings is 1. The normalized spacial score (nSPS) is 17.3. The van der Waals surface area contributed by atoms with Crippen LogP contribution in [0.3, 0.4) is 0 Å². The second kappa shape index (κ2) is 9.78. The van der Waals surface area contributed by atoms with Crippen molar-refractivity contribution in [3.63, 3.8) is 0 Å². The van der Waals surface area contributed by atoms with Gasteiger partial charge < -0.3 is 19.4 Å². The highest BCUT2D eigenvalue weighted by Crippen LogP contribution is 2.55. The first-order chi connectivity index (χ1) is 19.6. The standard InChI is InChI=1S/C30H27Cl2N5O4/c1-6-41-23-12-10-19(27(34-23)40-5)26-35-24-25(36(26)15(2)3)30(20-11-9-17(31)13-21(20)33-29(30)39)37(28(24)38)22-14-18(32)8-7-16(22)4/h7-15H,6H2,1-5H3,(H,33,39)/t30-/m1/s1. The van der Waals surface area contributed by atoms with Gasteiger partial charge in [-0.2, -0.15) is 4.98 Å². The molecule has 2 aromatic heterocycles. The van der Waals surface area contributed by atoms with E-state index in [2.05, 4.69) is 10.3 Å². The molecular formula is C30H27Cl2N5O4. The number of benzene rings is 2. The Hall–Kier alpha value is -4.08. The molecule has 2 aromatic carbocycles. The fraction of sp³-hybridized carbons (Fsp3) is 0.267. The van der Waals surface area contributed by atoms with Crippen LogP contribution in [-0.2, 0) is 10.3 Å². The van der Waals surface area contributed by atoms with Gasteiger partial charge in [-0.25, -0.2) is 4.98 Å². The average molecular weight is 592 g/mol. The molecule has 6 rings (SSSR count). The van der Waals surface area contributed by atoms with E-state index in [-0.39, 0.29) is 17.6 Å². The predicted molar refractivity (Wildman–Crippen MR) is 157 cm³/mol. The van der Waals surface area contributed by atoms with E-state index in [0.717, 1.165) is 5.56 Å². The van der Waals surface area contributed by atoms with E-state index >= 15 is 0 Å². The minimum absolute atomic E-state index is 0.155. The Labute approximate surface area is 247 Å². The molecule has 1 atom stereocenters. The van der Waals surface area contributed by atoms with Crippen LogP contribution in [0.1, 0.15) is 54.1 Å². The Morgan fingerprint density at radius 1 is 1.02 bits per heavy atom. The Morgan fingerprint density at radius 3 is 2.46 bits per heavy atom. The summed E-state index contributed by atoms with van der Waals surface area (Å²) < 4.78 is 13.1. The Balaban J connectivity index is 1.70. The molecule has 0 saturated carbocycles. The molecule has 4 heterocycles. The first-order valence-electron chi connectivity index (χ1n) is 13.2. The second-order valence-corrected chi connectivity index (χ2v) is 11.0. The maximum absolute atomic E-state index is 14.5. The van der Waals surface area contributed by atoms with Crippen molar-refractivity contribution in [2.45, 2.75) is 39.3 Å². The summed E-state index contributed by atoms with van der Waals surface area (Å²) in [6.45, 7) is 8.13. The predicted octanol–water partition coefficient (Wildman–Crippen LogP) is 6.40. The van der Waals surface area contributed by atoms with Crippen LogP contribution in [0.25, 0.3) is 11.4 Å². The lowest BCUT2D eigenvalue weighted by Gasteiger charge is -2.36. The zero-order valence-corrected chi connectivity index (χ0v) is 24.6. The van der Waals surface area contributed by atoms with Crippen LogP contribution in [-0.4, -0.2) is 40.1 Å². The van der Waals surface area contributed by atoms with Gasteiger partial charge in [-0.1, -0.05) is 35.3 Å². The molecule has 1 spiro atoms. The molecule has 41 heavy (non-hydrogen) atoms. The highest BCUT2D eigenvalue weighted by molar-refractivity contribution is 6.32. The summed E-state index contributed by atoms with van der Waals surface area (Å²) in [7, 11) is 1.51. The number of ether oxygens (including phenoxy) is 2. The third-order valence-corrected chi connectivity index (χ3v) is 7.90. The number of nitrogens with one attached hydrogen (secondary N) is 1. The van der Waals surface area contributed by atoms with Gasteiger partial charge in [0.05, 0.1) is 30.7 Å². The van der Waals surface area contributed by atoms with Gasteiger partial charge in [0.1, 0.15) is 5.82 Å². The van der Waals surface area contributed by atoms with Crippen molar-refractivity contribution < 1.29 is 19.1 Å². The SMILES string of the molecule is CCOc1ccc(-c2nc3c(n2C(C)C)[C@]2(C(=O)Nc4cc(Cl)ccc42)N(c2cc(Cl)ccc2C)C3=O)c(OC)n1. The Kier molecular flexibility index (Phi) is 6.47. The number of pyridine rings is 1. The Morgan fingerprint density at radius 2 is 1.76 bits per heavy atom. The molecule has 0 radical (unpaired) electrons. The minimum Gasteiger partial charge on any atom is -0.480 e. The molecule has 0 aliphatic carbocycles. The monoisotopic (exact) mass is 591 g/mol. The van der Waals surface area contributed by atoms with E-state index in [4.69, 9.17) is 37.7 Å². The summed E-state index contributed by atoms with van der Waals surface area (Å²) in [4.78, 5) is 39.7. The summed E-state index contributed by atoms with van der Waals surface area (Å²) in [5.41, 5.74) is 1.97. The molecule has 4 aromatic rings. The maximum Gasteiger partial charge on any atom is 0.280 e. The molecule has 2 aliphatic rings. The van der Waals surface area contributed by atoms with Gasteiger partial charge >= 0.3 is 0 Å². The number of rotatable bonds is 6. The van der Waals surface area contributed by atoms with Crippen molar-refractivity contribution in [1.82, 2.24) is 14.5 Å². The van der Waals surface area contributed by atoms with Gasteiger partial charge in [0.2, 0.25) is 11.8 Å². The van der Waals surface area contributed by atoms with Crippen LogP contribution in [0.2, 0.25) is 10.0 Å². The van der Waals surface area contributed by atoms with Crippen LogP contribution < -0.4 is 19.7 Å². The number of fused-ring (bicyclic) bond motifs is 4. The quantitative estimate of drug-likeness (QED) is 0.278. The number of carbonyl (C=O) groups excluding carboxylic acids is 2. The van der Waals surface area contributed by atoms with Gasteiger partial charge in [0.15, 0.2) is 11.2 Å². The van der Waals surface area contributed by atoms with Gasteiger partial charge in [-0.3, -0.25) is 14.5 Å². The first-order valence-corrected chi connectivity index (χ1v) is 13.9. The molecule has 2 aliphatic heterocycles. The molecule has 0 bridgehead atoms. The van der Waals surface area contributed by atoms with E-state index in [1.54, 1.807) is 42.5 Å². The smallest absolute Gasteiger partial charge is 0.280 e. The number of hydrogen-bond acceptors (Lipinski definition) is 6. The van der Waals surface area contributed by atoms with E-state index in [0.29, 0.717) is 56.6 Å². The topological polar surface area (TPSA) is 98.6 Å². The molecular weight excluding hydrogens is 565 g/mol. The summed E-state index contributed by atoms with van der Waals surface area (Å²) >= 11 is 12.8. The van der Waals surface area contributed by atoms with Crippen molar-refractivity contribution in [3.05, 3.63) is 81.1 Å². The zero-order chi connectivity index (χ0) is 29.2. The molecule has 1 N–H and O–H groups in total. The zero-order valence-electron chi connectivity index (χ0n) is 23.1. The molecule has 0 unspecified atom stereocenters. The third kappa shape index (κ3) is 3.83. The number of anilines is 2. The highest BCUT2D eigenvalue weighted by Gasteiger charge is 2.64. The third-order valence-electron chi connectivity index (χ3n) is 7.43. The van der Waals surface area contributed by atoms with Crippen LogP contribution in [0.5, 0.6) is 11.8 Å². The summed E-state index contributed by atoms with van der Waals surface area (Å²) in [5.74, 6) is 0.309. The van der Waals surface area contributed by atoms with Crippen molar-refractivity contribution in [3.8, 4) is 23.1 Å². The van der Waals surface area contributed by atoms with Crippen molar-refractivity contribution in [2.24, 2.45) is 0 Å². The van der Waals surface area contributed by atoms with Crippen LogP contribution >= 0.6 is 23.2 Å². The number of nitrogens with zero attached hydrogens (tertiary/aromatic N) is 4. The lowest BCUT2D eigenvalue weighted by molar-refractivity contribution is -0.119. The fourth-order valence-electron chi connectivity index (χ4n) is 5.80. The van der Waals surface area contributed by atoms with Crippen molar-refractivity contribution in [2.75, 3.05) is 23.9 Å². The number of amides is 2. The van der Waals surface area contributed by atoms with Crippen LogP contribution in [0, 0.1) is 6.92 Å². The molecule has 9 nitrogen and oxygen atoms in total. The Bertz CT molecular complexity index is 1750. The second-order valence-electron chi connectivity index (χ2n) is 10.2. The molecule has 0 saturated heterocycles. The van der Waals surface area contributed by atoms with Crippen LogP contribution in [0.4, 0.5) is 11.4 Å². The summed E-state index contributed by atoms with van der Waals surface area (Å²) in [6, 6.07) is 13.8. The highest BCUT2D eigenvalue weighted by atomic mass is 35.5. The van der Waals surface area contributed by atoms with Gasteiger partial charge in [-0.15, -0.1) is 0 Å². The van der Waals surface area contributed by atoms with Crippen LogP contribution in [0.15, 0.2) is 48.5 Å². The number of aromatic nitrogens is 3. The fourth-order valence-corrected chi connectivity index (χ4v) is 6.14. The van der Waals surface area contributed by atoms with Gasteiger partial charge in [0.25, 0.3) is 11.8 Å². The lowest BCUT2D eigenvalue weighted by Crippen LogP contribution is -2.51. The average Bonchev–Trinajstić information content (AvgIpc) is 3.54. The lowest BCUT2D eigenvalue weighted by atomic mass is 9.86. The maximum atomic E-state index is 14.5. The number of halogens is 2. The van der Waals surface area contributed by atoms with E-state index in [9.17, 15) is 9.59 Å². The molecule has 11 heteroatoms. The van der Waals surface area contributed by atoms with E-state index in [1.165, 1.54) is 12.0 Å².